The Morgan fingerprint density at radius 2 is 2.08 bits per heavy atom. The van der Waals surface area contributed by atoms with E-state index < -0.39 is 18.2 Å². The highest BCUT2D eigenvalue weighted by molar-refractivity contribution is 5.82. The topological polar surface area (TPSA) is 72.8 Å². The van der Waals surface area contributed by atoms with Gasteiger partial charge >= 0.3 is 0 Å². The Morgan fingerprint density at radius 3 is 2.42 bits per heavy atom. The van der Waals surface area contributed by atoms with Crippen LogP contribution in [-0.4, -0.2) is 59.9 Å². The average Bonchev–Trinajstić information content (AvgIpc) is 2.32. The van der Waals surface area contributed by atoms with Gasteiger partial charge in [0.15, 0.2) is 0 Å². The first-order valence-corrected chi connectivity index (χ1v) is 3.84. The molecule has 1 aliphatic rings. The summed E-state index contributed by atoms with van der Waals surface area (Å²) in [6, 6.07) is -0.657. The van der Waals surface area contributed by atoms with Gasteiger partial charge in [0.25, 0.3) is 0 Å². The highest BCUT2D eigenvalue weighted by Gasteiger charge is 2.38. The molecule has 0 bridgehead atoms. The highest BCUT2D eigenvalue weighted by atomic mass is 16.3. The van der Waals surface area contributed by atoms with Gasteiger partial charge in [0.2, 0.25) is 5.91 Å². The second kappa shape index (κ2) is 3.38. The van der Waals surface area contributed by atoms with E-state index in [0.717, 1.165) is 0 Å². The normalized spacial score (nSPS) is 35.2. The number of aliphatic hydroxyl groups is 2. The smallest absolute Gasteiger partial charge is 0.241 e. The standard InChI is InChI=1S/C7H14N2O3/c1-9(2)7(12)5-6(11)4(10)3-8-5/h4-6,8,10-11H,3H2,1-2H3/t4?,5-,6?/m0/s1. The van der Waals surface area contributed by atoms with Crippen LogP contribution in [-0.2, 0) is 4.79 Å². The SMILES string of the molecule is CN(C)C(=O)[C@H]1NCC(O)C1O. The molecule has 1 aliphatic heterocycles. The van der Waals surface area contributed by atoms with E-state index in [-0.39, 0.29) is 12.5 Å². The van der Waals surface area contributed by atoms with Crippen molar-refractivity contribution in [3.63, 3.8) is 0 Å². The number of likely N-dealkylation sites (N-methyl/N-ethyl adjacent to an activating group) is 1. The van der Waals surface area contributed by atoms with Crippen LogP contribution < -0.4 is 5.32 Å². The molecule has 1 rings (SSSR count). The Balaban J connectivity index is 2.59. The Bertz CT molecular complexity index is 183. The van der Waals surface area contributed by atoms with Crippen LogP contribution in [0.5, 0.6) is 0 Å². The van der Waals surface area contributed by atoms with Crippen molar-refractivity contribution in [2.75, 3.05) is 20.6 Å². The van der Waals surface area contributed by atoms with E-state index in [1.54, 1.807) is 14.1 Å². The number of carbonyl (C=O) groups is 1. The van der Waals surface area contributed by atoms with Crippen molar-refractivity contribution in [1.82, 2.24) is 10.2 Å². The second-order valence-corrected chi connectivity index (χ2v) is 3.18. The number of hydrogen-bond acceptors (Lipinski definition) is 4. The van der Waals surface area contributed by atoms with Gasteiger partial charge in [0.1, 0.15) is 12.1 Å². The van der Waals surface area contributed by atoms with Crippen molar-refractivity contribution < 1.29 is 15.0 Å². The maximum absolute atomic E-state index is 11.3. The van der Waals surface area contributed by atoms with Crippen molar-refractivity contribution >= 4 is 5.91 Å². The van der Waals surface area contributed by atoms with Crippen molar-refractivity contribution in [2.24, 2.45) is 0 Å². The fourth-order valence-corrected chi connectivity index (χ4v) is 1.22. The summed E-state index contributed by atoms with van der Waals surface area (Å²) in [5.74, 6) is -0.209. The minimum atomic E-state index is -0.986. The molecule has 0 aliphatic carbocycles. The molecular weight excluding hydrogens is 160 g/mol. The fourth-order valence-electron chi connectivity index (χ4n) is 1.22. The monoisotopic (exact) mass is 174 g/mol. The molecule has 0 aromatic heterocycles. The zero-order valence-electron chi connectivity index (χ0n) is 7.19. The molecule has 5 nitrogen and oxygen atoms in total. The lowest BCUT2D eigenvalue weighted by molar-refractivity contribution is -0.133. The molecule has 1 fully saturated rings. The maximum atomic E-state index is 11.3. The third kappa shape index (κ3) is 1.57. The Labute approximate surface area is 71.0 Å². The van der Waals surface area contributed by atoms with Crippen molar-refractivity contribution in [1.29, 1.82) is 0 Å². The van der Waals surface area contributed by atoms with Gasteiger partial charge in [-0.3, -0.25) is 4.79 Å². The van der Waals surface area contributed by atoms with E-state index >= 15 is 0 Å². The number of nitrogens with one attached hydrogen (secondary N) is 1. The number of amides is 1. The third-order valence-corrected chi connectivity index (χ3v) is 1.99. The summed E-state index contributed by atoms with van der Waals surface area (Å²) in [7, 11) is 3.23. The minimum absolute atomic E-state index is 0.209. The first-order valence-electron chi connectivity index (χ1n) is 3.84. The van der Waals surface area contributed by atoms with E-state index in [2.05, 4.69) is 5.32 Å². The number of β-amino-alcohol motifs (C(OH)–C–C–N with tert-alkyl or cyclic N) is 1. The summed E-state index contributed by atoms with van der Waals surface area (Å²) in [6.45, 7) is 0.269. The second-order valence-electron chi connectivity index (χ2n) is 3.18. The molecule has 1 heterocycles. The van der Waals surface area contributed by atoms with E-state index in [4.69, 9.17) is 5.11 Å². The molecule has 3 atom stereocenters. The molecule has 70 valence electrons. The number of carbonyl (C=O) groups excluding carboxylic acids is 1. The summed E-state index contributed by atoms with van der Waals surface area (Å²) >= 11 is 0. The van der Waals surface area contributed by atoms with Gasteiger partial charge < -0.3 is 20.4 Å². The summed E-state index contributed by atoms with van der Waals surface area (Å²) in [5, 5.41) is 21.2. The molecule has 2 unspecified atom stereocenters. The average molecular weight is 174 g/mol. The molecule has 5 heteroatoms. The number of aliphatic hydroxyl groups excluding tert-OH is 2. The maximum Gasteiger partial charge on any atom is 0.241 e. The van der Waals surface area contributed by atoms with E-state index in [0.29, 0.717) is 0 Å². The zero-order chi connectivity index (χ0) is 9.30. The fraction of sp³-hybridized carbons (Fsp3) is 0.857. The molecule has 3 N–H and O–H groups in total. The van der Waals surface area contributed by atoms with Crippen LogP contribution in [0, 0.1) is 0 Å². The quantitative estimate of drug-likeness (QED) is 0.420. The van der Waals surface area contributed by atoms with Crippen LogP contribution >= 0.6 is 0 Å². The van der Waals surface area contributed by atoms with E-state index in [9.17, 15) is 9.90 Å². The lowest BCUT2D eigenvalue weighted by Gasteiger charge is -2.19. The Hall–Kier alpha value is -0.650. The predicted molar refractivity (Wildman–Crippen MR) is 42.5 cm³/mol. The summed E-state index contributed by atoms with van der Waals surface area (Å²) in [5.41, 5.74) is 0. The van der Waals surface area contributed by atoms with Crippen molar-refractivity contribution in [2.45, 2.75) is 18.2 Å². The van der Waals surface area contributed by atoms with Crippen LogP contribution in [0.4, 0.5) is 0 Å². The van der Waals surface area contributed by atoms with Gasteiger partial charge in [-0.15, -0.1) is 0 Å². The minimum Gasteiger partial charge on any atom is -0.389 e. The van der Waals surface area contributed by atoms with Crippen LogP contribution in [0.15, 0.2) is 0 Å². The van der Waals surface area contributed by atoms with Crippen molar-refractivity contribution in [3.05, 3.63) is 0 Å². The largest absolute Gasteiger partial charge is 0.389 e. The van der Waals surface area contributed by atoms with Gasteiger partial charge in [0, 0.05) is 20.6 Å². The van der Waals surface area contributed by atoms with E-state index in [1.165, 1.54) is 4.90 Å². The summed E-state index contributed by atoms with van der Waals surface area (Å²) in [4.78, 5) is 12.7. The molecular formula is C7H14N2O3. The third-order valence-electron chi connectivity index (χ3n) is 1.99. The lowest BCUT2D eigenvalue weighted by atomic mass is 10.1. The van der Waals surface area contributed by atoms with Crippen LogP contribution in [0.2, 0.25) is 0 Å². The van der Waals surface area contributed by atoms with Crippen LogP contribution in [0.25, 0.3) is 0 Å². The van der Waals surface area contributed by atoms with E-state index in [1.807, 2.05) is 0 Å². The lowest BCUT2D eigenvalue weighted by Crippen LogP contribution is -2.46. The van der Waals surface area contributed by atoms with Gasteiger partial charge in [-0.25, -0.2) is 0 Å². The Morgan fingerprint density at radius 1 is 1.50 bits per heavy atom. The molecule has 0 aromatic rings. The van der Waals surface area contributed by atoms with Gasteiger partial charge in [-0.2, -0.15) is 0 Å². The van der Waals surface area contributed by atoms with Gasteiger partial charge in [-0.05, 0) is 0 Å². The molecule has 12 heavy (non-hydrogen) atoms. The molecule has 0 radical (unpaired) electrons. The number of nitrogens with zero attached hydrogens (tertiary/aromatic N) is 1. The molecule has 1 saturated heterocycles. The first kappa shape index (κ1) is 9.44. The summed E-state index contributed by atoms with van der Waals surface area (Å²) in [6.07, 6.45) is -1.82. The number of hydrogen-bond donors (Lipinski definition) is 3. The zero-order valence-corrected chi connectivity index (χ0v) is 7.19. The molecule has 0 aromatic carbocycles. The van der Waals surface area contributed by atoms with Gasteiger partial charge in [0.05, 0.1) is 6.10 Å². The van der Waals surface area contributed by atoms with Gasteiger partial charge in [-0.1, -0.05) is 0 Å². The molecule has 0 saturated carbocycles. The predicted octanol–water partition coefficient (Wildman–Crippen LogP) is -2.23. The van der Waals surface area contributed by atoms with Crippen LogP contribution in [0.3, 0.4) is 0 Å². The molecule has 0 spiro atoms. The Kier molecular flexibility index (Phi) is 2.66. The first-order chi connectivity index (χ1) is 5.54. The number of rotatable bonds is 1. The van der Waals surface area contributed by atoms with Crippen LogP contribution in [0.1, 0.15) is 0 Å². The van der Waals surface area contributed by atoms with Crippen molar-refractivity contribution in [3.8, 4) is 0 Å². The molecule has 1 amide bonds. The summed E-state index contributed by atoms with van der Waals surface area (Å²) < 4.78 is 0. The highest BCUT2D eigenvalue weighted by Crippen LogP contribution is 2.09.